The van der Waals surface area contributed by atoms with Gasteiger partial charge >= 0.3 is 0 Å². The van der Waals surface area contributed by atoms with Crippen LogP contribution in [0.3, 0.4) is 0 Å². The van der Waals surface area contributed by atoms with E-state index in [-0.39, 0.29) is 0 Å². The lowest BCUT2D eigenvalue weighted by Gasteiger charge is -2.40. The Morgan fingerprint density at radius 3 is 2.81 bits per heavy atom. The van der Waals surface area contributed by atoms with E-state index in [9.17, 15) is 0 Å². The smallest absolute Gasteiger partial charge is 0.0328 e. The second-order valence-electron chi connectivity index (χ2n) is 6.21. The maximum atomic E-state index is 5.82. The van der Waals surface area contributed by atoms with Crippen LogP contribution >= 0.6 is 0 Å². The van der Waals surface area contributed by atoms with Gasteiger partial charge in [-0.1, -0.05) is 48.9 Å². The zero-order valence-corrected chi connectivity index (χ0v) is 13.0. The lowest BCUT2D eigenvalue weighted by atomic mass is 9.93. The molecule has 0 radical (unpaired) electrons. The zero-order chi connectivity index (χ0) is 14.7. The van der Waals surface area contributed by atoms with E-state index in [1.165, 1.54) is 42.1 Å². The molecule has 2 aromatic carbocycles. The molecule has 112 valence electrons. The van der Waals surface area contributed by atoms with E-state index in [1.807, 2.05) is 0 Å². The molecule has 0 aromatic heterocycles. The Hall–Kier alpha value is -1.38. The largest absolute Gasteiger partial charge is 0.330 e. The highest BCUT2D eigenvalue weighted by atomic mass is 15.2. The third-order valence-corrected chi connectivity index (χ3v) is 4.94. The third-order valence-electron chi connectivity index (χ3n) is 4.94. The van der Waals surface area contributed by atoms with E-state index >= 15 is 0 Å². The molecule has 2 heteroatoms. The Balaban J connectivity index is 1.93. The van der Waals surface area contributed by atoms with Gasteiger partial charge in [0.05, 0.1) is 0 Å². The van der Waals surface area contributed by atoms with Gasteiger partial charge in [-0.3, -0.25) is 4.90 Å². The van der Waals surface area contributed by atoms with Crippen LogP contribution in [0.5, 0.6) is 0 Å². The van der Waals surface area contributed by atoms with Crippen LogP contribution in [0, 0.1) is 0 Å². The standard InChI is InChI=1S/C19H26N2/c1-15(21-14-5-4-9-17(21)12-13-20)18-11-6-8-16-7-2-3-10-19(16)18/h2-3,6-8,10-11,15,17H,4-5,9,12-14,20H2,1H3. The number of rotatable bonds is 4. The third kappa shape index (κ3) is 2.97. The molecule has 1 heterocycles. The van der Waals surface area contributed by atoms with Crippen molar-refractivity contribution < 1.29 is 0 Å². The average molecular weight is 282 g/mol. The highest BCUT2D eigenvalue weighted by Crippen LogP contribution is 2.33. The predicted octanol–water partition coefficient (Wildman–Crippen LogP) is 4.10. The number of hydrogen-bond donors (Lipinski definition) is 1. The summed E-state index contributed by atoms with van der Waals surface area (Å²) in [5.74, 6) is 0. The molecule has 0 aliphatic carbocycles. The number of benzene rings is 2. The Labute approximate surface area is 127 Å². The molecule has 1 saturated heterocycles. The summed E-state index contributed by atoms with van der Waals surface area (Å²) in [6.45, 7) is 4.36. The van der Waals surface area contributed by atoms with Gasteiger partial charge in [0.1, 0.15) is 0 Å². The van der Waals surface area contributed by atoms with Crippen LogP contribution in [0.1, 0.15) is 44.2 Å². The Morgan fingerprint density at radius 2 is 1.95 bits per heavy atom. The molecule has 2 N–H and O–H groups in total. The summed E-state index contributed by atoms with van der Waals surface area (Å²) in [5.41, 5.74) is 7.28. The van der Waals surface area contributed by atoms with Crippen molar-refractivity contribution in [3.63, 3.8) is 0 Å². The van der Waals surface area contributed by atoms with Gasteiger partial charge in [0, 0.05) is 12.1 Å². The Bertz CT molecular complexity index is 586. The van der Waals surface area contributed by atoms with Gasteiger partial charge < -0.3 is 5.73 Å². The monoisotopic (exact) mass is 282 g/mol. The molecule has 1 aliphatic heterocycles. The van der Waals surface area contributed by atoms with Gasteiger partial charge in [-0.15, -0.1) is 0 Å². The molecule has 0 amide bonds. The number of piperidine rings is 1. The maximum absolute atomic E-state index is 5.82. The molecule has 3 rings (SSSR count). The fourth-order valence-electron chi connectivity index (χ4n) is 3.83. The number of nitrogens with zero attached hydrogens (tertiary/aromatic N) is 1. The molecule has 0 bridgehead atoms. The Kier molecular flexibility index (Phi) is 4.57. The van der Waals surface area contributed by atoms with E-state index in [0.29, 0.717) is 12.1 Å². The van der Waals surface area contributed by atoms with Gasteiger partial charge in [-0.05, 0) is 55.6 Å². The molecular formula is C19H26N2. The van der Waals surface area contributed by atoms with Gasteiger partial charge in [0.15, 0.2) is 0 Å². The average Bonchev–Trinajstić information content (AvgIpc) is 2.54. The van der Waals surface area contributed by atoms with Crippen molar-refractivity contribution in [3.05, 3.63) is 48.0 Å². The number of hydrogen-bond acceptors (Lipinski definition) is 2. The van der Waals surface area contributed by atoms with Crippen molar-refractivity contribution in [1.29, 1.82) is 0 Å². The molecule has 2 aromatic rings. The van der Waals surface area contributed by atoms with E-state index in [4.69, 9.17) is 5.73 Å². The highest BCUT2D eigenvalue weighted by Gasteiger charge is 2.27. The Morgan fingerprint density at radius 1 is 1.14 bits per heavy atom. The van der Waals surface area contributed by atoms with Crippen molar-refractivity contribution in [1.82, 2.24) is 4.90 Å². The van der Waals surface area contributed by atoms with Gasteiger partial charge in [0.25, 0.3) is 0 Å². The van der Waals surface area contributed by atoms with Crippen LogP contribution in [-0.4, -0.2) is 24.0 Å². The SMILES string of the molecule is CC(c1cccc2ccccc12)N1CCCCC1CCN. The van der Waals surface area contributed by atoms with Crippen LogP contribution in [0.15, 0.2) is 42.5 Å². The molecule has 2 atom stereocenters. The van der Waals surface area contributed by atoms with Gasteiger partial charge in [-0.25, -0.2) is 0 Å². The zero-order valence-electron chi connectivity index (χ0n) is 13.0. The van der Waals surface area contributed by atoms with Crippen molar-refractivity contribution in [2.24, 2.45) is 5.73 Å². The lowest BCUT2D eigenvalue weighted by molar-refractivity contribution is 0.0991. The molecule has 0 saturated carbocycles. The minimum absolute atomic E-state index is 0.466. The lowest BCUT2D eigenvalue weighted by Crippen LogP contribution is -2.42. The van der Waals surface area contributed by atoms with E-state index in [0.717, 1.165) is 13.0 Å². The van der Waals surface area contributed by atoms with Crippen LogP contribution < -0.4 is 5.73 Å². The van der Waals surface area contributed by atoms with Crippen LogP contribution in [-0.2, 0) is 0 Å². The summed E-state index contributed by atoms with van der Waals surface area (Å²) in [6, 6.07) is 16.5. The fourth-order valence-corrected chi connectivity index (χ4v) is 3.83. The van der Waals surface area contributed by atoms with E-state index < -0.39 is 0 Å². The van der Waals surface area contributed by atoms with Crippen molar-refractivity contribution in [2.45, 2.75) is 44.7 Å². The predicted molar refractivity (Wildman–Crippen MR) is 90.4 cm³/mol. The molecule has 21 heavy (non-hydrogen) atoms. The topological polar surface area (TPSA) is 29.3 Å². The van der Waals surface area contributed by atoms with Gasteiger partial charge in [0.2, 0.25) is 0 Å². The minimum atomic E-state index is 0.466. The summed E-state index contributed by atoms with van der Waals surface area (Å²) < 4.78 is 0. The van der Waals surface area contributed by atoms with Crippen LogP contribution in [0.2, 0.25) is 0 Å². The number of nitrogens with two attached hydrogens (primary N) is 1. The van der Waals surface area contributed by atoms with E-state index in [2.05, 4.69) is 54.3 Å². The molecule has 2 nitrogen and oxygen atoms in total. The first-order valence-electron chi connectivity index (χ1n) is 8.24. The molecular weight excluding hydrogens is 256 g/mol. The normalized spacial score (nSPS) is 21.5. The summed E-state index contributed by atoms with van der Waals surface area (Å²) in [7, 11) is 0. The first-order chi connectivity index (χ1) is 10.3. The van der Waals surface area contributed by atoms with Crippen molar-refractivity contribution >= 4 is 10.8 Å². The second kappa shape index (κ2) is 6.59. The first-order valence-corrected chi connectivity index (χ1v) is 8.24. The number of fused-ring (bicyclic) bond motifs is 1. The minimum Gasteiger partial charge on any atom is -0.330 e. The fraction of sp³-hybridized carbons (Fsp3) is 0.474. The molecule has 1 fully saturated rings. The highest BCUT2D eigenvalue weighted by molar-refractivity contribution is 5.86. The van der Waals surface area contributed by atoms with Crippen molar-refractivity contribution in [3.8, 4) is 0 Å². The van der Waals surface area contributed by atoms with Crippen LogP contribution in [0.25, 0.3) is 10.8 Å². The van der Waals surface area contributed by atoms with Crippen molar-refractivity contribution in [2.75, 3.05) is 13.1 Å². The summed E-state index contributed by atoms with van der Waals surface area (Å²) in [5, 5.41) is 2.74. The van der Waals surface area contributed by atoms with Crippen LogP contribution in [0.4, 0.5) is 0 Å². The summed E-state index contributed by atoms with van der Waals surface area (Å²) >= 11 is 0. The first kappa shape index (κ1) is 14.6. The molecule has 0 spiro atoms. The summed E-state index contributed by atoms with van der Waals surface area (Å²) in [4.78, 5) is 2.68. The van der Waals surface area contributed by atoms with Gasteiger partial charge in [-0.2, -0.15) is 0 Å². The second-order valence-corrected chi connectivity index (χ2v) is 6.21. The molecule has 2 unspecified atom stereocenters. The summed E-state index contributed by atoms with van der Waals surface area (Å²) in [6.07, 6.45) is 5.08. The maximum Gasteiger partial charge on any atom is 0.0328 e. The number of likely N-dealkylation sites (tertiary alicyclic amines) is 1. The quantitative estimate of drug-likeness (QED) is 0.914. The van der Waals surface area contributed by atoms with E-state index in [1.54, 1.807) is 0 Å². The molecule has 1 aliphatic rings.